The van der Waals surface area contributed by atoms with Crippen molar-refractivity contribution >= 4 is 45.2 Å². The molecule has 2 unspecified atom stereocenters. The summed E-state index contributed by atoms with van der Waals surface area (Å²) in [6, 6.07) is 39.1. The van der Waals surface area contributed by atoms with Gasteiger partial charge in [0.15, 0.2) is 5.78 Å². The van der Waals surface area contributed by atoms with Crippen LogP contribution in [0.2, 0.25) is 0 Å². The maximum Gasteiger partial charge on any atom is 0.177 e. The van der Waals surface area contributed by atoms with E-state index in [-0.39, 0.29) is 16.3 Å². The molecule has 166 valence electrons. The van der Waals surface area contributed by atoms with Gasteiger partial charge in [0, 0.05) is 26.8 Å². The van der Waals surface area contributed by atoms with Gasteiger partial charge in [-0.05, 0) is 28.8 Å². The molecule has 0 bridgehead atoms. The van der Waals surface area contributed by atoms with Gasteiger partial charge in [-0.15, -0.1) is 23.5 Å². The standard InChI is InChI=1S/C29H25BrOS2/c30-26-18-16-24(17-19-26)27(31)29(33-21-23-12-6-2-7-13-23)28(25-14-8-3-9-15-25)32-20-22-10-4-1-5-11-22/h1-19,28-29H,20-21H2. The Bertz CT molecular complexity index is 1130. The fraction of sp³-hybridized carbons (Fsp3) is 0.138. The molecule has 0 amide bonds. The zero-order chi connectivity index (χ0) is 22.9. The summed E-state index contributed by atoms with van der Waals surface area (Å²) in [6.07, 6.45) is 0. The van der Waals surface area contributed by atoms with Crippen LogP contribution in [0.5, 0.6) is 0 Å². The molecule has 0 aliphatic rings. The van der Waals surface area contributed by atoms with Gasteiger partial charge in [0.1, 0.15) is 0 Å². The predicted octanol–water partition coefficient (Wildman–Crippen LogP) is 8.61. The Morgan fingerprint density at radius 1 is 0.636 bits per heavy atom. The molecule has 4 aromatic carbocycles. The normalized spacial score (nSPS) is 12.8. The van der Waals surface area contributed by atoms with Crippen LogP contribution in [0.3, 0.4) is 0 Å². The van der Waals surface area contributed by atoms with Gasteiger partial charge in [-0.25, -0.2) is 0 Å². The van der Waals surface area contributed by atoms with Crippen molar-refractivity contribution in [3.05, 3.63) is 142 Å². The van der Waals surface area contributed by atoms with Gasteiger partial charge in [0.05, 0.1) is 5.25 Å². The van der Waals surface area contributed by atoms with Crippen LogP contribution in [0.4, 0.5) is 0 Å². The van der Waals surface area contributed by atoms with Gasteiger partial charge in [-0.2, -0.15) is 0 Å². The highest BCUT2D eigenvalue weighted by atomic mass is 79.9. The summed E-state index contributed by atoms with van der Waals surface area (Å²) in [4.78, 5) is 13.9. The molecule has 0 fully saturated rings. The molecular formula is C29H25BrOS2. The first-order valence-electron chi connectivity index (χ1n) is 10.9. The molecule has 4 rings (SSSR count). The molecule has 0 heterocycles. The predicted molar refractivity (Wildman–Crippen MR) is 147 cm³/mol. The fourth-order valence-corrected chi connectivity index (χ4v) is 6.73. The highest BCUT2D eigenvalue weighted by molar-refractivity contribution is 9.10. The number of thioether (sulfide) groups is 2. The summed E-state index contributed by atoms with van der Waals surface area (Å²) in [5.41, 5.74) is 4.45. The van der Waals surface area contributed by atoms with Crippen LogP contribution in [0.25, 0.3) is 0 Å². The Morgan fingerprint density at radius 3 is 1.67 bits per heavy atom. The average Bonchev–Trinajstić information content (AvgIpc) is 2.88. The molecule has 4 aromatic rings. The number of rotatable bonds is 10. The Labute approximate surface area is 213 Å². The van der Waals surface area contributed by atoms with E-state index < -0.39 is 0 Å². The van der Waals surface area contributed by atoms with E-state index >= 15 is 0 Å². The van der Waals surface area contributed by atoms with Gasteiger partial charge in [-0.3, -0.25) is 4.79 Å². The number of Topliss-reactive ketones (excluding diaryl/α,β-unsaturated/α-hetero) is 1. The van der Waals surface area contributed by atoms with Crippen molar-refractivity contribution in [2.24, 2.45) is 0 Å². The third-order valence-corrected chi connectivity index (χ3v) is 8.78. The summed E-state index contributed by atoms with van der Waals surface area (Å²) in [5, 5.41) is -0.168. The topological polar surface area (TPSA) is 17.1 Å². The molecule has 0 saturated carbocycles. The minimum Gasteiger partial charge on any atom is -0.293 e. The number of halogens is 1. The van der Waals surface area contributed by atoms with Gasteiger partial charge in [-0.1, -0.05) is 119 Å². The smallest absolute Gasteiger partial charge is 0.177 e. The maximum atomic E-state index is 13.9. The molecule has 0 N–H and O–H groups in total. The Hall–Kier alpha value is -2.27. The van der Waals surface area contributed by atoms with Crippen LogP contribution in [-0.2, 0) is 11.5 Å². The zero-order valence-corrected chi connectivity index (χ0v) is 21.4. The summed E-state index contributed by atoms with van der Waals surface area (Å²) >= 11 is 7.07. The number of carbonyl (C=O) groups excluding carboxylic acids is 1. The molecule has 0 aliphatic heterocycles. The summed E-state index contributed by atoms with van der Waals surface area (Å²) in [6.45, 7) is 0. The average molecular weight is 534 g/mol. The lowest BCUT2D eigenvalue weighted by atomic mass is 10.0. The van der Waals surface area contributed by atoms with Crippen LogP contribution in [-0.4, -0.2) is 11.0 Å². The van der Waals surface area contributed by atoms with E-state index in [1.807, 2.05) is 54.2 Å². The molecule has 0 aliphatic carbocycles. The van der Waals surface area contributed by atoms with Crippen LogP contribution < -0.4 is 0 Å². The van der Waals surface area contributed by atoms with Crippen molar-refractivity contribution in [2.45, 2.75) is 22.0 Å². The van der Waals surface area contributed by atoms with Gasteiger partial charge >= 0.3 is 0 Å². The van der Waals surface area contributed by atoms with E-state index in [1.54, 1.807) is 11.8 Å². The summed E-state index contributed by atoms with van der Waals surface area (Å²) in [5.74, 6) is 1.83. The van der Waals surface area contributed by atoms with E-state index in [2.05, 4.69) is 88.7 Å². The third kappa shape index (κ3) is 6.86. The first kappa shape index (κ1) is 23.9. The van der Waals surface area contributed by atoms with Gasteiger partial charge in [0.2, 0.25) is 0 Å². The molecule has 2 atom stereocenters. The van der Waals surface area contributed by atoms with E-state index in [4.69, 9.17) is 0 Å². The SMILES string of the molecule is O=C(c1ccc(Br)cc1)C(SCc1ccccc1)C(SCc1ccccc1)c1ccccc1. The molecule has 0 radical (unpaired) electrons. The highest BCUT2D eigenvalue weighted by Crippen LogP contribution is 2.42. The lowest BCUT2D eigenvalue weighted by Gasteiger charge is -2.26. The minimum absolute atomic E-state index is 0.0382. The third-order valence-electron chi connectivity index (χ3n) is 5.33. The monoisotopic (exact) mass is 532 g/mol. The second-order valence-corrected chi connectivity index (χ2v) is 10.9. The van der Waals surface area contributed by atoms with E-state index in [1.165, 1.54) is 16.7 Å². The number of carbonyl (C=O) groups is 1. The van der Waals surface area contributed by atoms with Gasteiger partial charge in [0.25, 0.3) is 0 Å². The van der Waals surface area contributed by atoms with Crippen molar-refractivity contribution < 1.29 is 4.79 Å². The molecular weight excluding hydrogens is 508 g/mol. The first-order chi connectivity index (χ1) is 16.2. The molecule has 1 nitrogen and oxygen atoms in total. The van der Waals surface area contributed by atoms with Crippen molar-refractivity contribution in [1.29, 1.82) is 0 Å². The number of benzene rings is 4. The maximum absolute atomic E-state index is 13.9. The molecule has 33 heavy (non-hydrogen) atoms. The van der Waals surface area contributed by atoms with Crippen LogP contribution in [0, 0.1) is 0 Å². The van der Waals surface area contributed by atoms with Crippen molar-refractivity contribution in [1.82, 2.24) is 0 Å². The molecule has 0 spiro atoms. The second kappa shape index (κ2) is 12.3. The quantitative estimate of drug-likeness (QED) is 0.190. The fourth-order valence-electron chi connectivity index (χ4n) is 3.60. The first-order valence-corrected chi connectivity index (χ1v) is 13.8. The number of ketones is 1. The summed E-state index contributed by atoms with van der Waals surface area (Å²) < 4.78 is 0.977. The second-order valence-electron chi connectivity index (χ2n) is 7.72. The number of hydrogen-bond acceptors (Lipinski definition) is 3. The lowest BCUT2D eigenvalue weighted by Crippen LogP contribution is -2.24. The van der Waals surface area contributed by atoms with Crippen LogP contribution in [0.1, 0.15) is 32.3 Å². The van der Waals surface area contributed by atoms with E-state index in [0.29, 0.717) is 0 Å². The Kier molecular flexibility index (Phi) is 8.87. The molecule has 0 aromatic heterocycles. The van der Waals surface area contributed by atoms with Gasteiger partial charge < -0.3 is 0 Å². The van der Waals surface area contributed by atoms with Crippen molar-refractivity contribution in [3.63, 3.8) is 0 Å². The highest BCUT2D eigenvalue weighted by Gasteiger charge is 2.31. The molecule has 4 heteroatoms. The molecule has 0 saturated heterocycles. The van der Waals surface area contributed by atoms with E-state index in [0.717, 1.165) is 21.5 Å². The lowest BCUT2D eigenvalue weighted by molar-refractivity contribution is 0.0988. The van der Waals surface area contributed by atoms with Crippen LogP contribution >= 0.6 is 39.5 Å². The summed E-state index contributed by atoms with van der Waals surface area (Å²) in [7, 11) is 0. The van der Waals surface area contributed by atoms with Crippen molar-refractivity contribution in [3.8, 4) is 0 Å². The minimum atomic E-state index is -0.206. The van der Waals surface area contributed by atoms with Crippen LogP contribution in [0.15, 0.2) is 120 Å². The Balaban J connectivity index is 1.65. The Morgan fingerprint density at radius 2 is 1.12 bits per heavy atom. The van der Waals surface area contributed by atoms with Crippen molar-refractivity contribution in [2.75, 3.05) is 0 Å². The zero-order valence-electron chi connectivity index (χ0n) is 18.1. The van der Waals surface area contributed by atoms with E-state index in [9.17, 15) is 4.79 Å². The number of hydrogen-bond donors (Lipinski definition) is 0. The largest absolute Gasteiger partial charge is 0.293 e.